The molecular weight excluding hydrogens is 220 g/mol. The first-order valence-electron chi connectivity index (χ1n) is 6.16. The highest BCUT2D eigenvalue weighted by molar-refractivity contribution is 5.13. The van der Waals surface area contributed by atoms with Crippen molar-refractivity contribution >= 4 is 0 Å². The van der Waals surface area contributed by atoms with Crippen molar-refractivity contribution < 1.29 is 14.6 Å². The molecule has 0 radical (unpaired) electrons. The van der Waals surface area contributed by atoms with Crippen LogP contribution in [0.15, 0.2) is 6.20 Å². The van der Waals surface area contributed by atoms with Crippen LogP contribution in [0, 0.1) is 6.92 Å². The second kappa shape index (κ2) is 6.14. The molecule has 5 nitrogen and oxygen atoms in total. The van der Waals surface area contributed by atoms with E-state index in [0.29, 0.717) is 13.2 Å². The summed E-state index contributed by atoms with van der Waals surface area (Å²) >= 11 is 0. The summed E-state index contributed by atoms with van der Waals surface area (Å²) in [6, 6.07) is 0. The van der Waals surface area contributed by atoms with E-state index in [2.05, 4.69) is 5.10 Å². The lowest BCUT2D eigenvalue weighted by Gasteiger charge is -2.22. The number of aryl methyl sites for hydroxylation is 1. The number of aliphatic hydroxyl groups is 1. The molecule has 2 rings (SSSR count). The monoisotopic (exact) mass is 240 g/mol. The van der Waals surface area contributed by atoms with Crippen LogP contribution in [0.4, 0.5) is 0 Å². The minimum Gasteiger partial charge on any atom is -0.390 e. The maximum atomic E-state index is 9.03. The number of nitrogens with zero attached hydrogens (tertiary/aromatic N) is 2. The Hall–Kier alpha value is -0.910. The normalized spacial score (nSPS) is 20.7. The summed E-state index contributed by atoms with van der Waals surface area (Å²) in [5.41, 5.74) is 1.75. The predicted octanol–water partition coefficient (Wildman–Crippen LogP) is 1.23. The largest absolute Gasteiger partial charge is 0.390 e. The van der Waals surface area contributed by atoms with Crippen LogP contribution in [-0.4, -0.2) is 34.4 Å². The molecule has 1 unspecified atom stereocenters. The Morgan fingerprint density at radius 1 is 1.59 bits per heavy atom. The molecule has 1 aliphatic heterocycles. The molecule has 1 N–H and O–H groups in total. The van der Waals surface area contributed by atoms with Gasteiger partial charge >= 0.3 is 0 Å². The van der Waals surface area contributed by atoms with E-state index in [-0.39, 0.29) is 12.9 Å². The van der Waals surface area contributed by atoms with Crippen LogP contribution >= 0.6 is 0 Å². The quantitative estimate of drug-likeness (QED) is 0.841. The molecule has 1 aromatic heterocycles. The lowest BCUT2D eigenvalue weighted by atomic mass is 10.2. The van der Waals surface area contributed by atoms with Gasteiger partial charge in [-0.1, -0.05) is 0 Å². The summed E-state index contributed by atoms with van der Waals surface area (Å²) in [5, 5.41) is 13.3. The molecule has 0 saturated carbocycles. The molecule has 0 bridgehead atoms. The standard InChI is InChI=1S/C12H20N2O3/c1-10-8-14(13-11(10)9-15)5-7-17-12-4-2-3-6-16-12/h8,12,15H,2-7,9H2,1H3. The van der Waals surface area contributed by atoms with Gasteiger partial charge in [0.2, 0.25) is 0 Å². The molecule has 17 heavy (non-hydrogen) atoms. The van der Waals surface area contributed by atoms with Crippen LogP contribution < -0.4 is 0 Å². The molecule has 5 heteroatoms. The average Bonchev–Trinajstić information content (AvgIpc) is 2.71. The summed E-state index contributed by atoms with van der Waals surface area (Å²) in [4.78, 5) is 0. The van der Waals surface area contributed by atoms with Crippen LogP contribution in [0.2, 0.25) is 0 Å². The molecule has 1 fully saturated rings. The number of hydrogen-bond donors (Lipinski definition) is 1. The summed E-state index contributed by atoms with van der Waals surface area (Å²) in [5.74, 6) is 0. The maximum Gasteiger partial charge on any atom is 0.157 e. The fourth-order valence-corrected chi connectivity index (χ4v) is 1.95. The Balaban J connectivity index is 1.73. The zero-order chi connectivity index (χ0) is 12.1. The van der Waals surface area contributed by atoms with E-state index >= 15 is 0 Å². The smallest absolute Gasteiger partial charge is 0.157 e. The van der Waals surface area contributed by atoms with Crippen LogP contribution in [0.5, 0.6) is 0 Å². The van der Waals surface area contributed by atoms with E-state index in [1.54, 1.807) is 0 Å². The maximum absolute atomic E-state index is 9.03. The Labute approximate surface area is 101 Å². The second-order valence-corrected chi connectivity index (χ2v) is 4.35. The Bertz CT molecular complexity index is 346. The Morgan fingerprint density at radius 3 is 3.12 bits per heavy atom. The van der Waals surface area contributed by atoms with Gasteiger partial charge in [-0.25, -0.2) is 0 Å². The second-order valence-electron chi connectivity index (χ2n) is 4.35. The summed E-state index contributed by atoms with van der Waals surface area (Å²) in [7, 11) is 0. The first-order chi connectivity index (χ1) is 8.29. The van der Waals surface area contributed by atoms with E-state index in [4.69, 9.17) is 14.6 Å². The lowest BCUT2D eigenvalue weighted by Crippen LogP contribution is -2.24. The minimum atomic E-state index is -0.0438. The van der Waals surface area contributed by atoms with Gasteiger partial charge in [0.05, 0.1) is 25.5 Å². The van der Waals surface area contributed by atoms with Crippen LogP contribution in [0.25, 0.3) is 0 Å². The summed E-state index contributed by atoms with van der Waals surface area (Å²) in [6.07, 6.45) is 5.19. The fourth-order valence-electron chi connectivity index (χ4n) is 1.95. The summed E-state index contributed by atoms with van der Waals surface area (Å²) in [6.45, 7) is 4.03. The SMILES string of the molecule is Cc1cn(CCOC2CCCCO2)nc1CO. The fraction of sp³-hybridized carbons (Fsp3) is 0.750. The predicted molar refractivity (Wildman–Crippen MR) is 62.4 cm³/mol. The zero-order valence-electron chi connectivity index (χ0n) is 10.3. The topological polar surface area (TPSA) is 56.5 Å². The van der Waals surface area contributed by atoms with Crippen molar-refractivity contribution in [1.82, 2.24) is 9.78 Å². The van der Waals surface area contributed by atoms with E-state index in [1.165, 1.54) is 6.42 Å². The first kappa shape index (κ1) is 12.5. The van der Waals surface area contributed by atoms with Gasteiger partial charge in [0, 0.05) is 12.8 Å². The van der Waals surface area contributed by atoms with Crippen LogP contribution in [-0.2, 0) is 22.6 Å². The highest BCUT2D eigenvalue weighted by Gasteiger charge is 2.13. The highest BCUT2D eigenvalue weighted by atomic mass is 16.7. The molecule has 2 heterocycles. The van der Waals surface area contributed by atoms with Crippen LogP contribution in [0.1, 0.15) is 30.5 Å². The van der Waals surface area contributed by atoms with E-state index in [0.717, 1.165) is 30.7 Å². The number of aromatic nitrogens is 2. The van der Waals surface area contributed by atoms with Crippen molar-refractivity contribution in [2.45, 2.75) is 45.6 Å². The van der Waals surface area contributed by atoms with E-state index < -0.39 is 0 Å². The van der Waals surface area contributed by atoms with E-state index in [9.17, 15) is 0 Å². The number of ether oxygens (including phenoxy) is 2. The lowest BCUT2D eigenvalue weighted by molar-refractivity contribution is -0.163. The average molecular weight is 240 g/mol. The Kier molecular flexibility index (Phi) is 4.53. The summed E-state index contributed by atoms with van der Waals surface area (Å²) < 4.78 is 12.9. The van der Waals surface area contributed by atoms with Crippen molar-refractivity contribution in [2.75, 3.05) is 13.2 Å². The number of rotatable bonds is 5. The van der Waals surface area contributed by atoms with Gasteiger partial charge in [0.25, 0.3) is 0 Å². The van der Waals surface area contributed by atoms with Gasteiger partial charge in [-0.3, -0.25) is 4.68 Å². The van der Waals surface area contributed by atoms with E-state index in [1.807, 2.05) is 17.8 Å². The minimum absolute atomic E-state index is 0.00851. The highest BCUT2D eigenvalue weighted by Crippen LogP contribution is 2.13. The number of hydrogen-bond acceptors (Lipinski definition) is 4. The van der Waals surface area contributed by atoms with Gasteiger partial charge in [-0.2, -0.15) is 5.10 Å². The van der Waals surface area contributed by atoms with Crippen molar-refractivity contribution in [3.05, 3.63) is 17.5 Å². The third-order valence-corrected chi connectivity index (χ3v) is 2.96. The van der Waals surface area contributed by atoms with Crippen LogP contribution in [0.3, 0.4) is 0 Å². The third-order valence-electron chi connectivity index (χ3n) is 2.96. The molecule has 0 aromatic carbocycles. The molecule has 1 atom stereocenters. The molecular formula is C12H20N2O3. The first-order valence-corrected chi connectivity index (χ1v) is 6.16. The molecule has 0 aliphatic carbocycles. The molecule has 0 spiro atoms. The van der Waals surface area contributed by atoms with Crippen molar-refractivity contribution in [2.24, 2.45) is 0 Å². The molecule has 1 aromatic rings. The van der Waals surface area contributed by atoms with Crippen molar-refractivity contribution in [3.63, 3.8) is 0 Å². The Morgan fingerprint density at radius 2 is 2.47 bits per heavy atom. The third kappa shape index (κ3) is 3.52. The van der Waals surface area contributed by atoms with Crippen molar-refractivity contribution in [3.8, 4) is 0 Å². The molecule has 1 aliphatic rings. The van der Waals surface area contributed by atoms with Gasteiger partial charge in [-0.15, -0.1) is 0 Å². The van der Waals surface area contributed by atoms with Gasteiger partial charge in [0.1, 0.15) is 0 Å². The van der Waals surface area contributed by atoms with Gasteiger partial charge in [0.15, 0.2) is 6.29 Å². The van der Waals surface area contributed by atoms with Gasteiger partial charge in [-0.05, 0) is 31.7 Å². The van der Waals surface area contributed by atoms with Crippen molar-refractivity contribution in [1.29, 1.82) is 0 Å². The van der Waals surface area contributed by atoms with Gasteiger partial charge < -0.3 is 14.6 Å². The number of aliphatic hydroxyl groups excluding tert-OH is 1. The zero-order valence-corrected chi connectivity index (χ0v) is 10.3. The molecule has 96 valence electrons. The molecule has 1 saturated heterocycles. The molecule has 0 amide bonds.